The fraction of sp³-hybridized carbons (Fsp3) is 0.0526. The first-order valence-electron chi connectivity index (χ1n) is 7.59. The number of pyridine rings is 2. The average Bonchev–Trinajstić information content (AvgIpc) is 2.65. The number of para-hydroxylation sites is 1. The molecule has 6 nitrogen and oxygen atoms in total. The van der Waals surface area contributed by atoms with Crippen LogP contribution in [0.15, 0.2) is 48.8 Å². The normalized spacial score (nSPS) is 12.5. The fourth-order valence-corrected chi connectivity index (χ4v) is 3.07. The Bertz CT molecular complexity index is 1040. The summed E-state index contributed by atoms with van der Waals surface area (Å²) >= 11 is 0. The van der Waals surface area contributed by atoms with Crippen molar-refractivity contribution in [1.82, 2.24) is 9.97 Å². The third-order valence-electron chi connectivity index (χ3n) is 4.22. The van der Waals surface area contributed by atoms with E-state index in [9.17, 15) is 9.59 Å². The van der Waals surface area contributed by atoms with E-state index in [1.54, 1.807) is 24.3 Å². The number of methoxy groups -OCH3 is 1. The molecule has 25 heavy (non-hydrogen) atoms. The lowest BCUT2D eigenvalue weighted by Crippen LogP contribution is -2.25. The molecule has 0 saturated heterocycles. The zero-order chi connectivity index (χ0) is 17.6. The SMILES string of the molecule is COc1ccnc2c1C(=O)c1c(-c3ccccc3N)ccnc1C2=O. The van der Waals surface area contributed by atoms with Gasteiger partial charge in [0.2, 0.25) is 11.6 Å². The Labute approximate surface area is 143 Å². The van der Waals surface area contributed by atoms with E-state index >= 15 is 0 Å². The van der Waals surface area contributed by atoms with Crippen molar-refractivity contribution in [3.05, 3.63) is 71.3 Å². The lowest BCUT2D eigenvalue weighted by Gasteiger charge is -2.20. The Hall–Kier alpha value is -3.54. The Morgan fingerprint density at radius 1 is 0.840 bits per heavy atom. The van der Waals surface area contributed by atoms with E-state index in [-0.39, 0.29) is 28.3 Å². The number of carbonyl (C=O) groups excluding carboxylic acids is 2. The zero-order valence-corrected chi connectivity index (χ0v) is 13.3. The van der Waals surface area contributed by atoms with Crippen molar-refractivity contribution < 1.29 is 14.3 Å². The lowest BCUT2D eigenvalue weighted by atomic mass is 9.85. The summed E-state index contributed by atoms with van der Waals surface area (Å²) in [7, 11) is 1.45. The number of benzene rings is 1. The van der Waals surface area contributed by atoms with Gasteiger partial charge in [0.05, 0.1) is 18.2 Å². The number of carbonyl (C=O) groups is 2. The summed E-state index contributed by atoms with van der Waals surface area (Å²) in [5.41, 5.74) is 8.34. The van der Waals surface area contributed by atoms with Crippen molar-refractivity contribution in [3.63, 3.8) is 0 Å². The molecule has 1 aliphatic carbocycles. The van der Waals surface area contributed by atoms with E-state index in [0.717, 1.165) is 0 Å². The summed E-state index contributed by atoms with van der Waals surface area (Å²) in [6.45, 7) is 0. The molecule has 0 bridgehead atoms. The van der Waals surface area contributed by atoms with Crippen molar-refractivity contribution in [3.8, 4) is 16.9 Å². The van der Waals surface area contributed by atoms with Gasteiger partial charge in [0.25, 0.3) is 0 Å². The van der Waals surface area contributed by atoms with Crippen LogP contribution in [0.1, 0.15) is 32.1 Å². The van der Waals surface area contributed by atoms with Crippen molar-refractivity contribution in [2.45, 2.75) is 0 Å². The van der Waals surface area contributed by atoms with Gasteiger partial charge < -0.3 is 10.5 Å². The Morgan fingerprint density at radius 3 is 2.24 bits per heavy atom. The van der Waals surface area contributed by atoms with E-state index < -0.39 is 5.78 Å². The van der Waals surface area contributed by atoms with Crippen LogP contribution in [0, 0.1) is 0 Å². The van der Waals surface area contributed by atoms with Crippen LogP contribution >= 0.6 is 0 Å². The minimum atomic E-state index is -0.403. The molecule has 6 heteroatoms. The van der Waals surface area contributed by atoms with Gasteiger partial charge in [-0.05, 0) is 23.8 Å². The molecule has 1 aliphatic rings. The van der Waals surface area contributed by atoms with Crippen LogP contribution in [0.25, 0.3) is 11.1 Å². The molecule has 0 unspecified atom stereocenters. The average molecular weight is 331 g/mol. The largest absolute Gasteiger partial charge is 0.496 e. The summed E-state index contributed by atoms with van der Waals surface area (Å²) in [6.07, 6.45) is 2.93. The smallest absolute Gasteiger partial charge is 0.231 e. The molecule has 2 heterocycles. The van der Waals surface area contributed by atoms with Crippen LogP contribution < -0.4 is 10.5 Å². The molecule has 2 aromatic heterocycles. The number of rotatable bonds is 2. The number of nitrogens with zero attached hydrogens (tertiary/aromatic N) is 2. The molecule has 0 amide bonds. The van der Waals surface area contributed by atoms with E-state index in [4.69, 9.17) is 10.5 Å². The summed E-state index contributed by atoms with van der Waals surface area (Å²) < 4.78 is 5.26. The Balaban J connectivity index is 2.04. The summed E-state index contributed by atoms with van der Waals surface area (Å²) in [5, 5.41) is 0. The number of ether oxygens (including phenoxy) is 1. The molecule has 0 fully saturated rings. The van der Waals surface area contributed by atoms with Crippen LogP contribution in [0.4, 0.5) is 5.69 Å². The van der Waals surface area contributed by atoms with E-state index in [2.05, 4.69) is 9.97 Å². The van der Waals surface area contributed by atoms with Crippen LogP contribution in [0.2, 0.25) is 0 Å². The molecule has 0 aliphatic heterocycles. The first-order chi connectivity index (χ1) is 12.1. The van der Waals surface area contributed by atoms with Gasteiger partial charge in [0.1, 0.15) is 17.1 Å². The van der Waals surface area contributed by atoms with Crippen molar-refractivity contribution in [1.29, 1.82) is 0 Å². The molecule has 0 radical (unpaired) electrons. The summed E-state index contributed by atoms with van der Waals surface area (Å²) in [5.74, 6) is -0.439. The second kappa shape index (κ2) is 5.52. The molecule has 4 rings (SSSR count). The van der Waals surface area contributed by atoms with Crippen LogP contribution in [0.3, 0.4) is 0 Å². The Kier molecular flexibility index (Phi) is 3.32. The third-order valence-corrected chi connectivity index (χ3v) is 4.22. The summed E-state index contributed by atoms with van der Waals surface area (Å²) in [4.78, 5) is 34.2. The predicted octanol–water partition coefficient (Wildman–Crippen LogP) is 2.51. The van der Waals surface area contributed by atoms with E-state index in [1.807, 2.05) is 12.1 Å². The molecular formula is C19H13N3O3. The van der Waals surface area contributed by atoms with Gasteiger partial charge in [-0.2, -0.15) is 0 Å². The number of nitrogen functional groups attached to an aromatic ring is 1. The second-order valence-electron chi connectivity index (χ2n) is 5.56. The highest BCUT2D eigenvalue weighted by Gasteiger charge is 2.36. The molecule has 122 valence electrons. The lowest BCUT2D eigenvalue weighted by molar-refractivity contribution is 0.0969. The highest BCUT2D eigenvalue weighted by atomic mass is 16.5. The number of ketones is 2. The standard InChI is InChI=1S/C19H13N3O3/c1-25-13-7-9-22-17-15(13)18(23)14-11(6-8-21-16(14)19(17)24)10-4-2-3-5-12(10)20/h2-9H,20H2,1H3. The number of hydrogen-bond donors (Lipinski definition) is 1. The predicted molar refractivity (Wildman–Crippen MR) is 91.7 cm³/mol. The van der Waals surface area contributed by atoms with Gasteiger partial charge in [-0.25, -0.2) is 0 Å². The maximum Gasteiger partial charge on any atom is 0.231 e. The first-order valence-corrected chi connectivity index (χ1v) is 7.59. The van der Waals surface area contributed by atoms with E-state index in [1.165, 1.54) is 19.5 Å². The molecule has 0 saturated carbocycles. The highest BCUT2D eigenvalue weighted by molar-refractivity contribution is 6.29. The van der Waals surface area contributed by atoms with Gasteiger partial charge in [0.15, 0.2) is 0 Å². The maximum atomic E-state index is 13.2. The van der Waals surface area contributed by atoms with Crippen molar-refractivity contribution in [2.24, 2.45) is 0 Å². The molecule has 2 N–H and O–H groups in total. The zero-order valence-electron chi connectivity index (χ0n) is 13.3. The van der Waals surface area contributed by atoms with Crippen LogP contribution in [0.5, 0.6) is 5.75 Å². The second-order valence-corrected chi connectivity index (χ2v) is 5.56. The Morgan fingerprint density at radius 2 is 1.52 bits per heavy atom. The van der Waals surface area contributed by atoms with E-state index in [0.29, 0.717) is 22.6 Å². The molecule has 1 aromatic carbocycles. The third kappa shape index (κ3) is 2.11. The minimum Gasteiger partial charge on any atom is -0.496 e. The van der Waals surface area contributed by atoms with Gasteiger partial charge in [-0.15, -0.1) is 0 Å². The van der Waals surface area contributed by atoms with Crippen LogP contribution in [-0.4, -0.2) is 28.6 Å². The number of aromatic nitrogens is 2. The number of nitrogens with two attached hydrogens (primary N) is 1. The topological polar surface area (TPSA) is 95.2 Å². The quantitative estimate of drug-likeness (QED) is 0.567. The number of fused-ring (bicyclic) bond motifs is 2. The number of hydrogen-bond acceptors (Lipinski definition) is 6. The maximum absolute atomic E-state index is 13.2. The molecule has 0 spiro atoms. The molecule has 3 aromatic rings. The molecular weight excluding hydrogens is 318 g/mol. The van der Waals surface area contributed by atoms with Crippen molar-refractivity contribution >= 4 is 17.3 Å². The summed E-state index contributed by atoms with van der Waals surface area (Å²) in [6, 6.07) is 10.4. The number of anilines is 1. The highest BCUT2D eigenvalue weighted by Crippen LogP contribution is 2.37. The monoisotopic (exact) mass is 331 g/mol. The van der Waals surface area contributed by atoms with Crippen molar-refractivity contribution in [2.75, 3.05) is 12.8 Å². The van der Waals surface area contributed by atoms with Gasteiger partial charge in [-0.1, -0.05) is 18.2 Å². The molecule has 0 atom stereocenters. The van der Waals surface area contributed by atoms with Crippen LogP contribution in [-0.2, 0) is 0 Å². The fourth-order valence-electron chi connectivity index (χ4n) is 3.07. The van der Waals surface area contributed by atoms with Gasteiger partial charge >= 0.3 is 0 Å². The van der Waals surface area contributed by atoms with Gasteiger partial charge in [-0.3, -0.25) is 19.6 Å². The van der Waals surface area contributed by atoms with Gasteiger partial charge in [0, 0.05) is 23.6 Å². The first kappa shape index (κ1) is 15.0. The minimum absolute atomic E-state index is 0.0579.